The normalized spacial score (nSPS) is 21.4. The lowest BCUT2D eigenvalue weighted by Crippen LogP contribution is -2.46. The maximum Gasteiger partial charge on any atom is 0.327 e. The van der Waals surface area contributed by atoms with E-state index in [1.54, 1.807) is 31.2 Å². The molecule has 0 bridgehead atoms. The standard InChI is InChI=1S/C13H14N4O3/c1-2-20-12(19)13(15-16-14)8-9-17(11(13)18)10-6-4-3-5-7-10/h3-7H,2,8-9H2,1H3/t13-/m1/s1. The van der Waals surface area contributed by atoms with Crippen LogP contribution in [-0.4, -0.2) is 30.6 Å². The average molecular weight is 274 g/mol. The van der Waals surface area contributed by atoms with Gasteiger partial charge in [-0.25, -0.2) is 0 Å². The molecule has 0 spiro atoms. The van der Waals surface area contributed by atoms with Crippen LogP contribution in [0.5, 0.6) is 0 Å². The SMILES string of the molecule is CCOC(=O)[C@@]1(N=[N+]=[N-])CCN(c2ccccc2)C1=O. The van der Waals surface area contributed by atoms with Crippen LogP contribution in [0.15, 0.2) is 35.4 Å². The summed E-state index contributed by atoms with van der Waals surface area (Å²) in [6, 6.07) is 8.93. The number of carbonyl (C=O) groups excluding carboxylic acids is 2. The van der Waals surface area contributed by atoms with Gasteiger partial charge in [-0.1, -0.05) is 23.3 Å². The number of hydrogen-bond donors (Lipinski definition) is 0. The molecule has 2 rings (SSSR count). The summed E-state index contributed by atoms with van der Waals surface area (Å²) in [5.74, 6) is -1.33. The molecule has 1 aliphatic heterocycles. The number of hydrogen-bond acceptors (Lipinski definition) is 4. The maximum absolute atomic E-state index is 12.5. The van der Waals surface area contributed by atoms with E-state index in [-0.39, 0.29) is 13.0 Å². The summed E-state index contributed by atoms with van der Waals surface area (Å²) in [5, 5.41) is 3.45. The van der Waals surface area contributed by atoms with Crippen LogP contribution in [0.25, 0.3) is 10.4 Å². The summed E-state index contributed by atoms with van der Waals surface area (Å²) >= 11 is 0. The molecule has 20 heavy (non-hydrogen) atoms. The summed E-state index contributed by atoms with van der Waals surface area (Å²) in [6.07, 6.45) is 0.115. The lowest BCUT2D eigenvalue weighted by atomic mass is 9.99. The largest absolute Gasteiger partial charge is 0.465 e. The van der Waals surface area contributed by atoms with Crippen molar-refractivity contribution in [1.29, 1.82) is 0 Å². The van der Waals surface area contributed by atoms with Gasteiger partial charge in [0.1, 0.15) is 0 Å². The van der Waals surface area contributed by atoms with E-state index in [0.717, 1.165) is 0 Å². The highest BCUT2D eigenvalue weighted by molar-refractivity contribution is 6.16. The van der Waals surface area contributed by atoms with E-state index in [0.29, 0.717) is 12.2 Å². The minimum atomic E-state index is -1.78. The molecule has 0 saturated carbocycles. The van der Waals surface area contributed by atoms with Gasteiger partial charge < -0.3 is 9.64 Å². The van der Waals surface area contributed by atoms with Gasteiger partial charge in [0, 0.05) is 17.1 Å². The fraction of sp³-hybridized carbons (Fsp3) is 0.385. The van der Waals surface area contributed by atoms with Gasteiger partial charge in [-0.2, -0.15) is 0 Å². The highest BCUT2D eigenvalue weighted by Gasteiger charge is 2.54. The van der Waals surface area contributed by atoms with Crippen molar-refractivity contribution in [1.82, 2.24) is 0 Å². The maximum atomic E-state index is 12.5. The predicted molar refractivity (Wildman–Crippen MR) is 71.9 cm³/mol. The Kier molecular flexibility index (Phi) is 3.91. The van der Waals surface area contributed by atoms with Crippen LogP contribution < -0.4 is 4.90 Å². The minimum absolute atomic E-state index is 0.115. The second kappa shape index (κ2) is 5.63. The fourth-order valence-electron chi connectivity index (χ4n) is 2.21. The van der Waals surface area contributed by atoms with Gasteiger partial charge in [-0.05, 0) is 31.0 Å². The van der Waals surface area contributed by atoms with Crippen molar-refractivity contribution in [3.05, 3.63) is 40.8 Å². The lowest BCUT2D eigenvalue weighted by Gasteiger charge is -2.21. The van der Waals surface area contributed by atoms with Gasteiger partial charge in [0.15, 0.2) is 0 Å². The Morgan fingerprint density at radius 2 is 2.20 bits per heavy atom. The number of ether oxygens (including phenoxy) is 1. The lowest BCUT2D eigenvalue weighted by molar-refractivity contribution is -0.152. The van der Waals surface area contributed by atoms with Crippen LogP contribution in [0.2, 0.25) is 0 Å². The first-order valence-electron chi connectivity index (χ1n) is 6.26. The van der Waals surface area contributed by atoms with Crippen LogP contribution >= 0.6 is 0 Å². The molecular formula is C13H14N4O3. The van der Waals surface area contributed by atoms with E-state index < -0.39 is 17.4 Å². The second-order valence-corrected chi connectivity index (χ2v) is 4.31. The highest BCUT2D eigenvalue weighted by Crippen LogP contribution is 2.32. The molecule has 104 valence electrons. The predicted octanol–water partition coefficient (Wildman–Crippen LogP) is 2.04. The molecule has 1 heterocycles. The zero-order valence-corrected chi connectivity index (χ0v) is 11.0. The number of nitrogens with zero attached hydrogens (tertiary/aromatic N) is 4. The Morgan fingerprint density at radius 3 is 2.80 bits per heavy atom. The smallest absolute Gasteiger partial charge is 0.327 e. The third-order valence-electron chi connectivity index (χ3n) is 3.19. The van der Waals surface area contributed by atoms with Crippen molar-refractivity contribution in [2.24, 2.45) is 5.11 Å². The van der Waals surface area contributed by atoms with Crippen molar-refractivity contribution in [3.63, 3.8) is 0 Å². The first-order valence-corrected chi connectivity index (χ1v) is 6.26. The number of benzene rings is 1. The van der Waals surface area contributed by atoms with Crippen LogP contribution in [-0.2, 0) is 14.3 Å². The number of esters is 1. The monoisotopic (exact) mass is 274 g/mol. The van der Waals surface area contributed by atoms with E-state index in [1.165, 1.54) is 4.90 Å². The number of carbonyl (C=O) groups is 2. The number of amides is 1. The van der Waals surface area contributed by atoms with Crippen molar-refractivity contribution in [2.45, 2.75) is 18.9 Å². The van der Waals surface area contributed by atoms with Crippen molar-refractivity contribution >= 4 is 17.6 Å². The molecule has 1 aromatic rings. The molecule has 1 saturated heterocycles. The number of rotatable bonds is 4. The second-order valence-electron chi connectivity index (χ2n) is 4.31. The van der Waals surface area contributed by atoms with E-state index in [1.807, 2.05) is 6.07 Å². The summed E-state index contributed by atoms with van der Waals surface area (Å²) in [7, 11) is 0. The Morgan fingerprint density at radius 1 is 1.50 bits per heavy atom. The molecule has 0 unspecified atom stereocenters. The Bertz CT molecular complexity index is 568. The quantitative estimate of drug-likeness (QED) is 0.276. The average Bonchev–Trinajstić information content (AvgIpc) is 2.79. The zero-order valence-electron chi connectivity index (χ0n) is 11.0. The Balaban J connectivity index is 2.36. The van der Waals surface area contributed by atoms with Crippen LogP contribution in [0.3, 0.4) is 0 Å². The highest BCUT2D eigenvalue weighted by atomic mass is 16.5. The molecule has 7 heteroatoms. The third kappa shape index (κ3) is 2.19. The first kappa shape index (κ1) is 13.9. The van der Waals surface area contributed by atoms with Gasteiger partial charge in [0.2, 0.25) is 5.54 Å². The van der Waals surface area contributed by atoms with Crippen molar-refractivity contribution in [2.75, 3.05) is 18.1 Å². The van der Waals surface area contributed by atoms with Gasteiger partial charge in [0.25, 0.3) is 5.91 Å². The number of para-hydroxylation sites is 1. The van der Waals surface area contributed by atoms with E-state index >= 15 is 0 Å². The van der Waals surface area contributed by atoms with Gasteiger partial charge in [-0.3, -0.25) is 9.59 Å². The van der Waals surface area contributed by atoms with Crippen LogP contribution in [0.4, 0.5) is 5.69 Å². The minimum Gasteiger partial charge on any atom is -0.465 e. The molecule has 0 N–H and O–H groups in total. The molecule has 7 nitrogen and oxygen atoms in total. The van der Waals surface area contributed by atoms with Crippen LogP contribution in [0.1, 0.15) is 13.3 Å². The third-order valence-corrected chi connectivity index (χ3v) is 3.19. The van der Waals surface area contributed by atoms with Gasteiger partial charge in [-0.15, -0.1) is 0 Å². The molecule has 0 aliphatic carbocycles. The topological polar surface area (TPSA) is 95.4 Å². The Labute approximate surface area is 115 Å². The summed E-state index contributed by atoms with van der Waals surface area (Å²) in [5.41, 5.74) is 7.55. The van der Waals surface area contributed by atoms with Crippen molar-refractivity contribution < 1.29 is 14.3 Å². The van der Waals surface area contributed by atoms with Gasteiger partial charge in [0.05, 0.1) is 6.61 Å². The molecule has 1 fully saturated rings. The van der Waals surface area contributed by atoms with Gasteiger partial charge >= 0.3 is 5.97 Å². The molecule has 0 radical (unpaired) electrons. The molecule has 1 aliphatic rings. The molecule has 1 aromatic carbocycles. The Hall–Kier alpha value is -2.53. The molecule has 0 aromatic heterocycles. The van der Waals surface area contributed by atoms with Crippen LogP contribution in [0, 0.1) is 0 Å². The van der Waals surface area contributed by atoms with Crippen molar-refractivity contribution in [3.8, 4) is 0 Å². The molecule has 1 amide bonds. The summed E-state index contributed by atoms with van der Waals surface area (Å²) in [6.45, 7) is 2.07. The number of azide groups is 1. The fourth-order valence-corrected chi connectivity index (χ4v) is 2.21. The molecular weight excluding hydrogens is 260 g/mol. The van der Waals surface area contributed by atoms with E-state index in [4.69, 9.17) is 10.3 Å². The summed E-state index contributed by atoms with van der Waals surface area (Å²) < 4.78 is 4.89. The van der Waals surface area contributed by atoms with E-state index in [9.17, 15) is 9.59 Å². The zero-order chi connectivity index (χ0) is 14.6. The summed E-state index contributed by atoms with van der Waals surface area (Å²) in [4.78, 5) is 28.6. The first-order chi connectivity index (χ1) is 9.65. The van der Waals surface area contributed by atoms with E-state index in [2.05, 4.69) is 10.0 Å². The number of anilines is 1. The molecule has 1 atom stereocenters.